The smallest absolute Gasteiger partial charge is 0.248 e. The van der Waals surface area contributed by atoms with Gasteiger partial charge in [-0.3, -0.25) is 10.1 Å². The summed E-state index contributed by atoms with van der Waals surface area (Å²) in [6, 6.07) is 7.51. The summed E-state index contributed by atoms with van der Waals surface area (Å²) < 4.78 is 1.56. The molecular formula is C13H14N6OS. The lowest BCUT2D eigenvalue weighted by Gasteiger charge is -2.02. The number of aromatic nitrogens is 5. The summed E-state index contributed by atoms with van der Waals surface area (Å²) in [4.78, 5) is 12.0. The van der Waals surface area contributed by atoms with E-state index in [1.54, 1.807) is 4.68 Å². The minimum Gasteiger partial charge on any atom is -0.299 e. The maximum absolute atomic E-state index is 12.0. The van der Waals surface area contributed by atoms with E-state index in [1.165, 1.54) is 11.3 Å². The molecule has 1 N–H and O–H groups in total. The van der Waals surface area contributed by atoms with Gasteiger partial charge in [-0.25, -0.2) is 4.68 Å². The number of nitrogens with one attached hydrogen (secondary N) is 1. The van der Waals surface area contributed by atoms with Crippen LogP contribution in [-0.4, -0.2) is 31.1 Å². The number of carbonyl (C=O) groups excluding carboxylic acids is 1. The van der Waals surface area contributed by atoms with E-state index in [1.807, 2.05) is 38.1 Å². The van der Waals surface area contributed by atoms with Crippen LogP contribution in [0.4, 0.5) is 5.13 Å². The van der Waals surface area contributed by atoms with Crippen LogP contribution in [0.5, 0.6) is 0 Å². The van der Waals surface area contributed by atoms with Gasteiger partial charge in [-0.05, 0) is 12.1 Å². The summed E-state index contributed by atoms with van der Waals surface area (Å²) in [5.41, 5.74) is 1.59. The van der Waals surface area contributed by atoms with Gasteiger partial charge in [-0.15, -0.1) is 15.3 Å². The molecule has 0 aliphatic rings. The summed E-state index contributed by atoms with van der Waals surface area (Å²) >= 11 is 1.39. The molecule has 2 aromatic heterocycles. The average molecular weight is 302 g/mol. The highest BCUT2D eigenvalue weighted by molar-refractivity contribution is 7.15. The van der Waals surface area contributed by atoms with Crippen molar-refractivity contribution in [2.75, 3.05) is 5.32 Å². The third-order valence-corrected chi connectivity index (χ3v) is 4.03. The molecule has 8 heteroatoms. The van der Waals surface area contributed by atoms with E-state index >= 15 is 0 Å². The Labute approximate surface area is 125 Å². The Morgan fingerprint density at radius 2 is 2.10 bits per heavy atom. The molecule has 0 radical (unpaired) electrons. The molecule has 0 spiro atoms. The second-order valence-corrected chi connectivity index (χ2v) is 5.89. The van der Waals surface area contributed by atoms with Crippen LogP contribution in [0.25, 0.3) is 11.0 Å². The molecule has 1 aromatic carbocycles. The predicted molar refractivity (Wildman–Crippen MR) is 80.2 cm³/mol. The molecule has 7 nitrogen and oxygen atoms in total. The van der Waals surface area contributed by atoms with Crippen LogP contribution in [0.1, 0.15) is 24.8 Å². The van der Waals surface area contributed by atoms with Gasteiger partial charge in [0, 0.05) is 5.92 Å². The number of hydrogen-bond donors (Lipinski definition) is 1. The second-order valence-electron chi connectivity index (χ2n) is 4.88. The minimum absolute atomic E-state index is 0.0944. The van der Waals surface area contributed by atoms with Crippen LogP contribution in [-0.2, 0) is 11.3 Å². The van der Waals surface area contributed by atoms with Crippen molar-refractivity contribution >= 4 is 33.4 Å². The first-order chi connectivity index (χ1) is 10.1. The van der Waals surface area contributed by atoms with Crippen LogP contribution in [0.3, 0.4) is 0 Å². The number of rotatable bonds is 4. The zero-order valence-corrected chi connectivity index (χ0v) is 12.5. The number of anilines is 1. The van der Waals surface area contributed by atoms with Gasteiger partial charge in [-0.2, -0.15) is 0 Å². The molecular weight excluding hydrogens is 288 g/mol. The number of amides is 1. The number of para-hydroxylation sites is 1. The molecule has 0 atom stereocenters. The van der Waals surface area contributed by atoms with E-state index in [2.05, 4.69) is 25.8 Å². The third-order valence-electron chi connectivity index (χ3n) is 2.89. The van der Waals surface area contributed by atoms with Gasteiger partial charge in [0.15, 0.2) is 0 Å². The fourth-order valence-electron chi connectivity index (χ4n) is 1.85. The first-order valence-electron chi connectivity index (χ1n) is 6.55. The number of fused-ring (bicyclic) bond motifs is 1. The van der Waals surface area contributed by atoms with E-state index in [4.69, 9.17) is 0 Å². The Morgan fingerprint density at radius 3 is 2.86 bits per heavy atom. The van der Waals surface area contributed by atoms with E-state index < -0.39 is 0 Å². The lowest BCUT2D eigenvalue weighted by Crippen LogP contribution is -2.19. The Kier molecular flexibility index (Phi) is 3.61. The summed E-state index contributed by atoms with van der Waals surface area (Å²) in [6.07, 6.45) is 0. The van der Waals surface area contributed by atoms with E-state index in [0.717, 1.165) is 16.0 Å². The molecule has 0 fully saturated rings. The molecule has 2 heterocycles. The molecule has 0 unspecified atom stereocenters. The summed E-state index contributed by atoms with van der Waals surface area (Å²) in [5, 5.41) is 20.1. The highest BCUT2D eigenvalue weighted by Gasteiger charge is 2.12. The van der Waals surface area contributed by atoms with Crippen LogP contribution in [0.15, 0.2) is 24.3 Å². The highest BCUT2D eigenvalue weighted by Crippen LogP contribution is 2.22. The fourth-order valence-corrected chi connectivity index (χ4v) is 2.61. The van der Waals surface area contributed by atoms with Crippen LogP contribution in [0, 0.1) is 0 Å². The molecule has 1 amide bonds. The standard InChI is InChI=1S/C13H14N6OS/c1-8(2)12-16-17-13(21-12)14-11(20)7-19-10-6-4-3-5-9(10)15-18-19/h3-6,8H,7H2,1-2H3,(H,14,17,20). The van der Waals surface area contributed by atoms with Crippen LogP contribution < -0.4 is 5.32 Å². The fraction of sp³-hybridized carbons (Fsp3) is 0.308. The van der Waals surface area contributed by atoms with E-state index in [0.29, 0.717) is 11.0 Å². The molecule has 0 aliphatic carbocycles. The first-order valence-corrected chi connectivity index (χ1v) is 7.36. The van der Waals surface area contributed by atoms with Crippen molar-refractivity contribution < 1.29 is 4.79 Å². The summed E-state index contributed by atoms with van der Waals surface area (Å²) in [7, 11) is 0. The zero-order chi connectivity index (χ0) is 14.8. The van der Waals surface area contributed by atoms with Crippen molar-refractivity contribution in [3.05, 3.63) is 29.3 Å². The number of hydrogen-bond acceptors (Lipinski definition) is 6. The van der Waals surface area contributed by atoms with Gasteiger partial charge >= 0.3 is 0 Å². The lowest BCUT2D eigenvalue weighted by molar-refractivity contribution is -0.116. The minimum atomic E-state index is -0.197. The maximum Gasteiger partial charge on any atom is 0.248 e. The SMILES string of the molecule is CC(C)c1nnc(NC(=O)Cn2nnc3ccccc32)s1. The quantitative estimate of drug-likeness (QED) is 0.797. The monoisotopic (exact) mass is 302 g/mol. The summed E-state index contributed by atoms with van der Waals surface area (Å²) in [6.45, 7) is 4.17. The third kappa shape index (κ3) is 2.89. The molecule has 0 aliphatic heterocycles. The molecule has 3 aromatic rings. The van der Waals surface area contributed by atoms with Crippen molar-refractivity contribution in [3.63, 3.8) is 0 Å². The normalized spacial score (nSPS) is 11.2. The van der Waals surface area contributed by atoms with Crippen molar-refractivity contribution in [2.24, 2.45) is 0 Å². The number of nitrogens with zero attached hydrogens (tertiary/aromatic N) is 5. The van der Waals surface area contributed by atoms with Gasteiger partial charge in [0.1, 0.15) is 17.1 Å². The van der Waals surface area contributed by atoms with Gasteiger partial charge in [-0.1, -0.05) is 42.5 Å². The number of benzene rings is 1. The topological polar surface area (TPSA) is 85.6 Å². The predicted octanol–water partition coefficient (Wildman–Crippen LogP) is 2.04. The largest absolute Gasteiger partial charge is 0.299 e. The average Bonchev–Trinajstić information content (AvgIpc) is 3.07. The van der Waals surface area contributed by atoms with E-state index in [9.17, 15) is 4.79 Å². The Balaban J connectivity index is 1.71. The zero-order valence-electron chi connectivity index (χ0n) is 11.6. The van der Waals surface area contributed by atoms with Crippen molar-refractivity contribution in [3.8, 4) is 0 Å². The number of carbonyl (C=O) groups is 1. The Bertz CT molecular complexity index is 778. The summed E-state index contributed by atoms with van der Waals surface area (Å²) in [5.74, 6) is 0.101. The van der Waals surface area contributed by atoms with Crippen molar-refractivity contribution in [1.82, 2.24) is 25.2 Å². The lowest BCUT2D eigenvalue weighted by atomic mass is 10.2. The maximum atomic E-state index is 12.0. The molecule has 3 rings (SSSR count). The second kappa shape index (κ2) is 5.57. The first kappa shape index (κ1) is 13.6. The van der Waals surface area contributed by atoms with Crippen LogP contribution >= 0.6 is 11.3 Å². The molecule has 21 heavy (non-hydrogen) atoms. The van der Waals surface area contributed by atoms with Gasteiger partial charge in [0.05, 0.1) is 5.52 Å². The van der Waals surface area contributed by atoms with Gasteiger partial charge in [0.25, 0.3) is 0 Å². The van der Waals surface area contributed by atoms with Gasteiger partial charge < -0.3 is 0 Å². The highest BCUT2D eigenvalue weighted by atomic mass is 32.1. The molecule has 0 saturated heterocycles. The Hall–Kier alpha value is -2.35. The van der Waals surface area contributed by atoms with Crippen molar-refractivity contribution in [1.29, 1.82) is 0 Å². The Morgan fingerprint density at radius 1 is 1.29 bits per heavy atom. The molecule has 0 saturated carbocycles. The molecule has 0 bridgehead atoms. The van der Waals surface area contributed by atoms with Crippen LogP contribution in [0.2, 0.25) is 0 Å². The molecule has 108 valence electrons. The van der Waals surface area contributed by atoms with Crippen molar-refractivity contribution in [2.45, 2.75) is 26.3 Å². The van der Waals surface area contributed by atoms with Gasteiger partial charge in [0.2, 0.25) is 11.0 Å². The van der Waals surface area contributed by atoms with E-state index in [-0.39, 0.29) is 12.5 Å².